The molecule has 2 aromatic heterocycles. The van der Waals surface area contributed by atoms with Gasteiger partial charge in [-0.15, -0.1) is 11.3 Å². The Morgan fingerprint density at radius 2 is 2.47 bits per heavy atom. The molecule has 0 aliphatic carbocycles. The Hall–Kier alpha value is -1.82. The van der Waals surface area contributed by atoms with Gasteiger partial charge in [-0.1, -0.05) is 21.4 Å². The second kappa shape index (κ2) is 5.49. The zero-order valence-electron chi connectivity index (χ0n) is 8.51. The summed E-state index contributed by atoms with van der Waals surface area (Å²) in [5.41, 5.74) is 5.80. The Morgan fingerprint density at radius 1 is 1.59 bits per heavy atom. The highest BCUT2D eigenvalue weighted by Gasteiger charge is 2.10. The van der Waals surface area contributed by atoms with Crippen molar-refractivity contribution in [2.45, 2.75) is 0 Å². The van der Waals surface area contributed by atoms with E-state index in [1.54, 1.807) is 11.4 Å². The summed E-state index contributed by atoms with van der Waals surface area (Å²) in [5.74, 6) is 5.34. The van der Waals surface area contributed by atoms with Crippen LogP contribution < -0.4 is 11.1 Å². The molecule has 6 nitrogen and oxygen atoms in total. The van der Waals surface area contributed by atoms with Crippen molar-refractivity contribution in [2.24, 2.45) is 5.73 Å². The van der Waals surface area contributed by atoms with Gasteiger partial charge in [0, 0.05) is 16.9 Å². The summed E-state index contributed by atoms with van der Waals surface area (Å²) >= 11 is 2.41. The van der Waals surface area contributed by atoms with Crippen molar-refractivity contribution in [1.82, 2.24) is 14.8 Å². The van der Waals surface area contributed by atoms with Crippen LogP contribution in [0.15, 0.2) is 11.4 Å². The molecule has 1 amide bonds. The highest BCUT2D eigenvalue weighted by atomic mass is 32.1. The molecule has 86 valence electrons. The van der Waals surface area contributed by atoms with Crippen molar-refractivity contribution in [1.29, 1.82) is 0 Å². The number of anilines is 1. The Morgan fingerprint density at radius 3 is 3.18 bits per heavy atom. The van der Waals surface area contributed by atoms with E-state index in [0.29, 0.717) is 17.2 Å². The van der Waals surface area contributed by atoms with E-state index in [1.807, 2.05) is 0 Å². The van der Waals surface area contributed by atoms with Crippen LogP contribution in [-0.4, -0.2) is 27.3 Å². The van der Waals surface area contributed by atoms with Crippen molar-refractivity contribution in [3.8, 4) is 11.8 Å². The van der Waals surface area contributed by atoms with Crippen LogP contribution in [0.5, 0.6) is 0 Å². The lowest BCUT2D eigenvalue weighted by Crippen LogP contribution is -2.10. The molecule has 0 aromatic carbocycles. The predicted octanol–water partition coefficient (Wildman–Crippen LogP) is 0.557. The number of nitrogens with zero attached hydrogens (tertiary/aromatic N) is 3. The van der Waals surface area contributed by atoms with Gasteiger partial charge in [-0.25, -0.2) is 0 Å². The lowest BCUT2D eigenvalue weighted by molar-refractivity contribution is 0.102. The van der Waals surface area contributed by atoms with E-state index in [-0.39, 0.29) is 5.91 Å². The molecule has 2 rings (SSSR count). The topological polar surface area (TPSA) is 93.8 Å². The molecule has 0 spiro atoms. The number of aromatic nitrogens is 3. The first-order valence-electron chi connectivity index (χ1n) is 4.53. The van der Waals surface area contributed by atoms with Crippen LogP contribution in [0.3, 0.4) is 0 Å². The number of rotatable bonds is 2. The summed E-state index contributed by atoms with van der Waals surface area (Å²) in [6.45, 7) is 0.301. The highest BCUT2D eigenvalue weighted by molar-refractivity contribution is 7.11. The van der Waals surface area contributed by atoms with Crippen molar-refractivity contribution in [3.63, 3.8) is 0 Å². The van der Waals surface area contributed by atoms with E-state index >= 15 is 0 Å². The molecule has 0 unspecified atom stereocenters. The molecule has 0 bridgehead atoms. The number of nitrogens with one attached hydrogen (secondary N) is 1. The first kappa shape index (κ1) is 11.7. The normalized spacial score (nSPS) is 9.47. The van der Waals surface area contributed by atoms with Crippen molar-refractivity contribution >= 4 is 33.9 Å². The number of carbonyl (C=O) groups excluding carboxylic acids is 1. The molecule has 2 heterocycles. The van der Waals surface area contributed by atoms with Crippen LogP contribution in [-0.2, 0) is 0 Å². The van der Waals surface area contributed by atoms with Gasteiger partial charge in [0.05, 0.1) is 17.0 Å². The Bertz CT molecular complexity index is 566. The average Bonchev–Trinajstić information content (AvgIpc) is 2.96. The number of carbonyl (C=O) groups is 1. The summed E-state index contributed by atoms with van der Waals surface area (Å²) in [4.78, 5) is 12.5. The molecule has 3 N–H and O–H groups in total. The van der Waals surface area contributed by atoms with Crippen LogP contribution in [0.4, 0.5) is 5.13 Å². The SMILES string of the molecule is NCC#Cc1cc(C(=O)Nc2nnns2)cs1. The summed E-state index contributed by atoms with van der Waals surface area (Å²) in [5, 5.41) is 11.7. The third kappa shape index (κ3) is 3.07. The second-order valence-electron chi connectivity index (χ2n) is 2.83. The molecule has 0 radical (unpaired) electrons. The van der Waals surface area contributed by atoms with Gasteiger partial charge in [0.15, 0.2) is 0 Å². The van der Waals surface area contributed by atoms with Crippen LogP contribution in [0.2, 0.25) is 0 Å². The fourth-order valence-corrected chi connectivity index (χ4v) is 2.13. The minimum absolute atomic E-state index is 0.249. The maximum Gasteiger partial charge on any atom is 0.258 e. The Labute approximate surface area is 105 Å². The summed E-state index contributed by atoms with van der Waals surface area (Å²) in [6, 6.07) is 1.71. The molecular weight excluding hydrogens is 258 g/mol. The minimum Gasteiger partial charge on any atom is -0.320 e. The number of hydrogen-bond acceptors (Lipinski definition) is 7. The summed E-state index contributed by atoms with van der Waals surface area (Å²) < 4.78 is 3.55. The maximum absolute atomic E-state index is 11.7. The van der Waals surface area contributed by atoms with Gasteiger partial charge in [0.1, 0.15) is 0 Å². The molecule has 0 aliphatic heterocycles. The molecule has 0 aliphatic rings. The molecule has 0 fully saturated rings. The third-order valence-corrected chi connectivity index (χ3v) is 3.05. The van der Waals surface area contributed by atoms with Crippen molar-refractivity contribution in [3.05, 3.63) is 21.9 Å². The number of amides is 1. The summed E-state index contributed by atoms with van der Waals surface area (Å²) in [6.07, 6.45) is 0. The monoisotopic (exact) mass is 265 g/mol. The standard InChI is InChI=1S/C9H7N5OS2/c10-3-1-2-7-4-6(5-16-7)8(15)11-9-12-13-14-17-9/h4-5H,3,10H2,(H,11,12,14,15). The largest absolute Gasteiger partial charge is 0.320 e. The Balaban J connectivity index is 2.07. The molecule has 0 saturated carbocycles. The third-order valence-electron chi connectivity index (χ3n) is 1.70. The smallest absolute Gasteiger partial charge is 0.258 e. The van der Waals surface area contributed by atoms with Crippen molar-refractivity contribution < 1.29 is 4.79 Å². The van der Waals surface area contributed by atoms with Gasteiger partial charge in [0.25, 0.3) is 5.91 Å². The van der Waals surface area contributed by atoms with Gasteiger partial charge < -0.3 is 5.73 Å². The van der Waals surface area contributed by atoms with E-state index in [4.69, 9.17) is 5.73 Å². The number of hydrogen-bond donors (Lipinski definition) is 2. The van der Waals surface area contributed by atoms with Gasteiger partial charge in [-0.05, 0) is 11.3 Å². The first-order valence-corrected chi connectivity index (χ1v) is 6.19. The fraction of sp³-hybridized carbons (Fsp3) is 0.111. The predicted molar refractivity (Wildman–Crippen MR) is 65.9 cm³/mol. The zero-order valence-corrected chi connectivity index (χ0v) is 10.1. The molecular formula is C9H7N5OS2. The fourth-order valence-electron chi connectivity index (χ4n) is 1.01. The molecule has 0 saturated heterocycles. The number of thiophene rings is 1. The van der Waals surface area contributed by atoms with Crippen LogP contribution in [0.1, 0.15) is 15.2 Å². The molecule has 0 atom stereocenters. The van der Waals surface area contributed by atoms with Crippen LogP contribution in [0, 0.1) is 11.8 Å². The Kier molecular flexibility index (Phi) is 3.77. The van der Waals surface area contributed by atoms with E-state index < -0.39 is 0 Å². The van der Waals surface area contributed by atoms with E-state index in [9.17, 15) is 4.79 Å². The van der Waals surface area contributed by atoms with Gasteiger partial charge in [-0.3, -0.25) is 10.1 Å². The maximum atomic E-state index is 11.7. The first-order chi connectivity index (χ1) is 8.29. The van der Waals surface area contributed by atoms with Gasteiger partial charge >= 0.3 is 0 Å². The van der Waals surface area contributed by atoms with E-state index in [1.165, 1.54) is 11.3 Å². The van der Waals surface area contributed by atoms with Crippen LogP contribution >= 0.6 is 22.9 Å². The highest BCUT2D eigenvalue weighted by Crippen LogP contribution is 2.15. The average molecular weight is 265 g/mol. The summed E-state index contributed by atoms with van der Waals surface area (Å²) in [7, 11) is 0. The number of nitrogens with two attached hydrogens (primary N) is 1. The molecule has 8 heteroatoms. The van der Waals surface area contributed by atoms with Crippen LogP contribution in [0.25, 0.3) is 0 Å². The van der Waals surface area contributed by atoms with E-state index in [2.05, 4.69) is 32.0 Å². The lowest BCUT2D eigenvalue weighted by Gasteiger charge is -1.95. The van der Waals surface area contributed by atoms with E-state index in [0.717, 1.165) is 16.4 Å². The second-order valence-corrected chi connectivity index (χ2v) is 4.47. The van der Waals surface area contributed by atoms with Gasteiger partial charge in [0.2, 0.25) is 5.13 Å². The quantitative estimate of drug-likeness (QED) is 0.774. The minimum atomic E-state index is -0.249. The molecule has 2 aromatic rings. The van der Waals surface area contributed by atoms with Crippen molar-refractivity contribution in [2.75, 3.05) is 11.9 Å². The molecule has 17 heavy (non-hydrogen) atoms. The lowest BCUT2D eigenvalue weighted by atomic mass is 10.3. The van der Waals surface area contributed by atoms with Gasteiger partial charge in [-0.2, -0.15) is 0 Å². The zero-order chi connectivity index (χ0) is 12.1.